The molecule has 1 saturated carbocycles. The SMILES string of the molecule is O=C(NCc1cccc(C(F)F)c1F)c1cc(C2CCC(N3CCC(F)C(O)C3)CC2)c2ncnn2c1. The molecule has 11 heteroatoms. The van der Waals surface area contributed by atoms with Crippen LogP contribution in [-0.4, -0.2) is 61.9 Å². The summed E-state index contributed by atoms with van der Waals surface area (Å²) in [5.74, 6) is -1.36. The third-order valence-electron chi connectivity index (χ3n) is 7.63. The van der Waals surface area contributed by atoms with Gasteiger partial charge in [-0.2, -0.15) is 5.10 Å². The van der Waals surface area contributed by atoms with Crippen molar-refractivity contribution in [2.45, 2.75) is 69.3 Å². The number of hydrogen-bond donors (Lipinski definition) is 2. The Balaban J connectivity index is 1.29. The molecule has 1 amide bonds. The van der Waals surface area contributed by atoms with Gasteiger partial charge in [0.05, 0.1) is 17.2 Å². The van der Waals surface area contributed by atoms with Crippen LogP contribution in [0.3, 0.4) is 0 Å². The predicted octanol–water partition coefficient (Wildman–Crippen LogP) is 4.17. The van der Waals surface area contributed by atoms with Crippen LogP contribution < -0.4 is 5.32 Å². The van der Waals surface area contributed by atoms with E-state index in [-0.39, 0.29) is 24.1 Å². The number of aliphatic hydroxyl groups excluding tert-OH is 1. The monoisotopic (exact) mass is 519 g/mol. The number of pyridine rings is 1. The van der Waals surface area contributed by atoms with Crippen LogP contribution in [0.2, 0.25) is 0 Å². The molecule has 1 aliphatic heterocycles. The lowest BCUT2D eigenvalue weighted by atomic mass is 9.80. The molecule has 37 heavy (non-hydrogen) atoms. The van der Waals surface area contributed by atoms with Crippen LogP contribution in [-0.2, 0) is 6.54 Å². The molecule has 2 N–H and O–H groups in total. The first-order valence-electron chi connectivity index (χ1n) is 12.5. The normalized spacial score (nSPS) is 25.0. The Morgan fingerprint density at radius 1 is 1.19 bits per heavy atom. The van der Waals surface area contributed by atoms with Crippen LogP contribution in [0.1, 0.15) is 71.5 Å². The van der Waals surface area contributed by atoms with E-state index in [1.165, 1.54) is 23.0 Å². The van der Waals surface area contributed by atoms with Gasteiger partial charge in [-0.1, -0.05) is 18.2 Å². The van der Waals surface area contributed by atoms with Crippen molar-refractivity contribution in [2.24, 2.45) is 0 Å². The number of aromatic nitrogens is 3. The summed E-state index contributed by atoms with van der Waals surface area (Å²) in [5.41, 5.74) is 1.14. The van der Waals surface area contributed by atoms with E-state index < -0.39 is 36.0 Å². The first-order valence-corrected chi connectivity index (χ1v) is 12.5. The Bertz CT molecular complexity index is 1260. The van der Waals surface area contributed by atoms with Gasteiger partial charge in [0.2, 0.25) is 0 Å². The lowest BCUT2D eigenvalue weighted by Gasteiger charge is -2.41. The van der Waals surface area contributed by atoms with E-state index in [2.05, 4.69) is 20.3 Å². The fourth-order valence-electron chi connectivity index (χ4n) is 5.57. The molecule has 3 aromatic rings. The van der Waals surface area contributed by atoms with E-state index in [0.717, 1.165) is 37.3 Å². The van der Waals surface area contributed by atoms with Gasteiger partial charge in [0.1, 0.15) is 18.3 Å². The number of nitrogens with one attached hydrogen (secondary N) is 1. The zero-order valence-electron chi connectivity index (χ0n) is 20.2. The first-order chi connectivity index (χ1) is 17.8. The average Bonchev–Trinajstić information content (AvgIpc) is 3.38. The van der Waals surface area contributed by atoms with E-state index in [1.807, 2.05) is 0 Å². The molecule has 2 atom stereocenters. The van der Waals surface area contributed by atoms with Crippen molar-refractivity contribution in [1.82, 2.24) is 24.8 Å². The van der Waals surface area contributed by atoms with E-state index >= 15 is 0 Å². The molecular weight excluding hydrogens is 490 g/mol. The molecule has 1 aromatic carbocycles. The average molecular weight is 520 g/mol. The summed E-state index contributed by atoms with van der Waals surface area (Å²) in [6, 6.07) is 5.77. The summed E-state index contributed by atoms with van der Waals surface area (Å²) >= 11 is 0. The molecule has 198 valence electrons. The fourth-order valence-corrected chi connectivity index (χ4v) is 5.57. The number of piperidine rings is 1. The van der Waals surface area contributed by atoms with Gasteiger partial charge in [0.15, 0.2) is 5.65 Å². The van der Waals surface area contributed by atoms with Gasteiger partial charge in [-0.25, -0.2) is 27.1 Å². The van der Waals surface area contributed by atoms with E-state index in [4.69, 9.17) is 0 Å². The van der Waals surface area contributed by atoms with Crippen molar-refractivity contribution in [1.29, 1.82) is 0 Å². The maximum absolute atomic E-state index is 14.4. The highest BCUT2D eigenvalue weighted by Gasteiger charge is 2.34. The smallest absolute Gasteiger partial charge is 0.266 e. The largest absolute Gasteiger partial charge is 0.389 e. The van der Waals surface area contributed by atoms with E-state index in [1.54, 1.807) is 12.3 Å². The summed E-state index contributed by atoms with van der Waals surface area (Å²) in [6.45, 7) is 0.752. The molecule has 2 fully saturated rings. The Morgan fingerprint density at radius 2 is 1.97 bits per heavy atom. The number of fused-ring (bicyclic) bond motifs is 1. The Morgan fingerprint density at radius 3 is 2.70 bits per heavy atom. The van der Waals surface area contributed by atoms with Crippen molar-refractivity contribution in [3.8, 4) is 0 Å². The number of aliphatic hydroxyl groups is 1. The van der Waals surface area contributed by atoms with Gasteiger partial charge in [0, 0.05) is 43.0 Å². The molecule has 1 aliphatic carbocycles. The molecule has 7 nitrogen and oxygen atoms in total. The minimum absolute atomic E-state index is 0.0200. The van der Waals surface area contributed by atoms with Crippen LogP contribution in [0.25, 0.3) is 5.65 Å². The lowest BCUT2D eigenvalue weighted by Crippen LogP contribution is -2.50. The number of β-amino-alcohol motifs (C(OH)–C–C–N with tert-alkyl or cyclic N) is 1. The Hall–Kier alpha value is -3.05. The number of rotatable bonds is 6. The number of amides is 1. The number of carbonyl (C=O) groups is 1. The summed E-state index contributed by atoms with van der Waals surface area (Å²) in [7, 11) is 0. The zero-order chi connectivity index (χ0) is 26.1. The fraction of sp³-hybridized carbons (Fsp3) is 0.500. The summed E-state index contributed by atoms with van der Waals surface area (Å²) in [4.78, 5) is 19.5. The van der Waals surface area contributed by atoms with E-state index in [0.29, 0.717) is 30.7 Å². The first kappa shape index (κ1) is 25.6. The van der Waals surface area contributed by atoms with Crippen LogP contribution in [0.5, 0.6) is 0 Å². The molecule has 0 spiro atoms. The highest BCUT2D eigenvalue weighted by atomic mass is 19.3. The minimum atomic E-state index is -2.94. The zero-order valence-corrected chi connectivity index (χ0v) is 20.2. The van der Waals surface area contributed by atoms with Crippen LogP contribution in [0.4, 0.5) is 17.6 Å². The van der Waals surface area contributed by atoms with Crippen molar-refractivity contribution in [3.05, 3.63) is 64.9 Å². The highest BCUT2D eigenvalue weighted by Crippen LogP contribution is 2.37. The lowest BCUT2D eigenvalue weighted by molar-refractivity contribution is -0.0182. The van der Waals surface area contributed by atoms with Crippen LogP contribution >= 0.6 is 0 Å². The molecule has 1 saturated heterocycles. The van der Waals surface area contributed by atoms with Crippen molar-refractivity contribution < 1.29 is 27.5 Å². The predicted molar refractivity (Wildman–Crippen MR) is 128 cm³/mol. The number of alkyl halides is 3. The quantitative estimate of drug-likeness (QED) is 0.478. The van der Waals surface area contributed by atoms with Gasteiger partial charge < -0.3 is 10.4 Å². The topological polar surface area (TPSA) is 82.8 Å². The number of nitrogens with zero attached hydrogens (tertiary/aromatic N) is 4. The summed E-state index contributed by atoms with van der Waals surface area (Å²) < 4.78 is 55.6. The third kappa shape index (κ3) is 5.33. The van der Waals surface area contributed by atoms with Gasteiger partial charge in [-0.15, -0.1) is 0 Å². The minimum Gasteiger partial charge on any atom is -0.389 e. The number of halogens is 4. The summed E-state index contributed by atoms with van der Waals surface area (Å²) in [6.07, 6.45) is 1.70. The van der Waals surface area contributed by atoms with Gasteiger partial charge in [-0.05, 0) is 44.1 Å². The molecule has 0 bridgehead atoms. The maximum atomic E-state index is 14.4. The second-order valence-corrected chi connectivity index (χ2v) is 9.89. The molecule has 2 aromatic heterocycles. The van der Waals surface area contributed by atoms with Crippen molar-refractivity contribution in [2.75, 3.05) is 13.1 Å². The van der Waals surface area contributed by atoms with Crippen molar-refractivity contribution >= 4 is 11.6 Å². The van der Waals surface area contributed by atoms with Crippen LogP contribution in [0, 0.1) is 5.82 Å². The number of hydrogen-bond acceptors (Lipinski definition) is 5. The molecule has 3 heterocycles. The van der Waals surface area contributed by atoms with E-state index in [9.17, 15) is 27.5 Å². The molecule has 2 unspecified atom stereocenters. The Labute approximate surface area is 211 Å². The second kappa shape index (κ2) is 10.7. The second-order valence-electron chi connectivity index (χ2n) is 9.89. The van der Waals surface area contributed by atoms with Crippen molar-refractivity contribution in [3.63, 3.8) is 0 Å². The molecule has 0 radical (unpaired) electrons. The van der Waals surface area contributed by atoms with Gasteiger partial charge >= 0.3 is 0 Å². The van der Waals surface area contributed by atoms with Gasteiger partial charge in [-0.3, -0.25) is 9.69 Å². The highest BCUT2D eigenvalue weighted by molar-refractivity contribution is 5.94. The number of carbonyl (C=O) groups excluding carboxylic acids is 1. The third-order valence-corrected chi connectivity index (χ3v) is 7.63. The molecule has 2 aliphatic rings. The van der Waals surface area contributed by atoms with Crippen LogP contribution in [0.15, 0.2) is 36.8 Å². The van der Waals surface area contributed by atoms with Gasteiger partial charge in [0.25, 0.3) is 12.3 Å². The standard InChI is InChI=1S/C26H29F4N5O2/c27-21-8-9-34(13-22(21)36)18-6-4-15(5-7-18)20-10-17(12-35-25(20)32-14-33-35)26(37)31-11-16-2-1-3-19(23(16)28)24(29)30/h1-3,10,12,14-15,18,21-22,24,36H,4-9,11,13H2,(H,31,37). The summed E-state index contributed by atoms with van der Waals surface area (Å²) in [5, 5.41) is 16.7. The number of likely N-dealkylation sites (tertiary alicyclic amines) is 1. The number of benzene rings is 1. The Kier molecular flexibility index (Phi) is 7.43. The maximum Gasteiger partial charge on any atom is 0.266 e. The molecular formula is C26H29F4N5O2. The molecule has 5 rings (SSSR count).